The Morgan fingerprint density at radius 3 is 2.58 bits per heavy atom. The maximum atomic E-state index is 6.26. The molecule has 0 saturated heterocycles. The van der Waals surface area contributed by atoms with Crippen LogP contribution < -0.4 is 10.5 Å². The molecule has 0 saturated carbocycles. The highest BCUT2D eigenvalue weighted by atomic mass is 32.2. The summed E-state index contributed by atoms with van der Waals surface area (Å²) in [7, 11) is 1.68. The number of rotatable bonds is 8. The molecule has 0 amide bonds. The van der Waals surface area contributed by atoms with Gasteiger partial charge in [0.25, 0.3) is 0 Å². The van der Waals surface area contributed by atoms with Crippen molar-refractivity contribution in [3.05, 3.63) is 71.5 Å². The first-order valence-corrected chi connectivity index (χ1v) is 9.68. The fourth-order valence-electron chi connectivity index (χ4n) is 2.69. The number of benzene rings is 2. The van der Waals surface area contributed by atoms with Crippen LogP contribution >= 0.6 is 11.8 Å². The smallest absolute Gasteiger partial charge is 0.191 e. The van der Waals surface area contributed by atoms with Gasteiger partial charge in [-0.3, -0.25) is 0 Å². The minimum atomic E-state index is -0.114. The van der Waals surface area contributed by atoms with E-state index in [0.29, 0.717) is 0 Å². The molecule has 1 atom stereocenters. The zero-order valence-corrected chi connectivity index (χ0v) is 15.9. The first kappa shape index (κ1) is 18.5. The topological polar surface area (TPSA) is 66.0 Å². The Morgan fingerprint density at radius 1 is 1.08 bits per heavy atom. The average molecular weight is 369 g/mol. The van der Waals surface area contributed by atoms with E-state index < -0.39 is 0 Å². The van der Waals surface area contributed by atoms with E-state index in [1.807, 2.05) is 36.4 Å². The highest BCUT2D eigenvalue weighted by Crippen LogP contribution is 2.26. The SMILES string of the molecule is CCC(N)c1nnc(SCc2cccc(OC)c2)n1Cc1ccccc1. The molecule has 3 rings (SSSR count). The first-order valence-electron chi connectivity index (χ1n) is 8.69. The van der Waals surface area contributed by atoms with Crippen molar-refractivity contribution in [3.8, 4) is 5.75 Å². The van der Waals surface area contributed by atoms with Gasteiger partial charge in [-0.15, -0.1) is 10.2 Å². The summed E-state index contributed by atoms with van der Waals surface area (Å²) in [6, 6.07) is 18.3. The Hall–Kier alpha value is -2.31. The number of thioether (sulfide) groups is 1. The van der Waals surface area contributed by atoms with Crippen LogP contribution in [-0.2, 0) is 12.3 Å². The summed E-state index contributed by atoms with van der Waals surface area (Å²) in [5.41, 5.74) is 8.65. The van der Waals surface area contributed by atoms with E-state index >= 15 is 0 Å². The van der Waals surface area contributed by atoms with Crippen molar-refractivity contribution in [3.63, 3.8) is 0 Å². The summed E-state index contributed by atoms with van der Waals surface area (Å²) < 4.78 is 7.43. The van der Waals surface area contributed by atoms with Gasteiger partial charge < -0.3 is 15.0 Å². The van der Waals surface area contributed by atoms with Crippen LogP contribution in [0, 0.1) is 0 Å². The summed E-state index contributed by atoms with van der Waals surface area (Å²) in [6.07, 6.45) is 0.827. The normalized spacial score (nSPS) is 12.1. The molecule has 6 heteroatoms. The van der Waals surface area contributed by atoms with Crippen molar-refractivity contribution in [2.45, 2.75) is 36.8 Å². The van der Waals surface area contributed by atoms with E-state index in [1.54, 1.807) is 18.9 Å². The maximum Gasteiger partial charge on any atom is 0.191 e. The fraction of sp³-hybridized carbons (Fsp3) is 0.300. The number of hydrogen-bond acceptors (Lipinski definition) is 5. The minimum absolute atomic E-state index is 0.114. The molecule has 0 aliphatic carbocycles. The third-order valence-corrected chi connectivity index (χ3v) is 5.24. The molecule has 2 aromatic carbocycles. The van der Waals surface area contributed by atoms with E-state index in [-0.39, 0.29) is 6.04 Å². The second kappa shape index (κ2) is 8.87. The standard InChI is InChI=1S/C20H24N4OS/c1-3-18(21)19-22-23-20(24(19)13-15-8-5-4-6-9-15)26-14-16-10-7-11-17(12-16)25-2/h4-12,18H,3,13-14,21H2,1-2H3. The van der Waals surface area contributed by atoms with Crippen molar-refractivity contribution in [1.29, 1.82) is 0 Å². The largest absolute Gasteiger partial charge is 0.497 e. The van der Waals surface area contributed by atoms with E-state index in [9.17, 15) is 0 Å². The summed E-state index contributed by atoms with van der Waals surface area (Å²) in [5, 5.41) is 9.66. The molecule has 1 unspecified atom stereocenters. The van der Waals surface area contributed by atoms with Gasteiger partial charge in [0.15, 0.2) is 11.0 Å². The zero-order valence-electron chi connectivity index (χ0n) is 15.1. The number of nitrogens with zero attached hydrogens (tertiary/aromatic N) is 3. The molecule has 3 aromatic rings. The molecule has 136 valence electrons. The second-order valence-corrected chi connectivity index (χ2v) is 7.01. The molecule has 1 aromatic heterocycles. The monoisotopic (exact) mass is 368 g/mol. The number of aromatic nitrogens is 3. The third-order valence-electron chi connectivity index (χ3n) is 4.20. The molecule has 0 radical (unpaired) electrons. The van der Waals surface area contributed by atoms with Crippen molar-refractivity contribution >= 4 is 11.8 Å². The molecule has 1 heterocycles. The van der Waals surface area contributed by atoms with Crippen LogP contribution in [0.5, 0.6) is 5.75 Å². The first-order chi connectivity index (χ1) is 12.7. The van der Waals surface area contributed by atoms with Gasteiger partial charge in [-0.05, 0) is 29.7 Å². The predicted octanol–water partition coefficient (Wildman–Crippen LogP) is 4.04. The minimum Gasteiger partial charge on any atom is -0.497 e. The average Bonchev–Trinajstić information content (AvgIpc) is 3.09. The lowest BCUT2D eigenvalue weighted by Crippen LogP contribution is -2.17. The lowest BCUT2D eigenvalue weighted by Gasteiger charge is -2.13. The summed E-state index contributed by atoms with van der Waals surface area (Å²) in [6.45, 7) is 2.78. The van der Waals surface area contributed by atoms with Gasteiger partial charge in [0, 0.05) is 5.75 Å². The molecular weight excluding hydrogens is 344 g/mol. The highest BCUT2D eigenvalue weighted by molar-refractivity contribution is 7.98. The Bertz CT molecular complexity index is 835. The van der Waals surface area contributed by atoms with Gasteiger partial charge in [0.05, 0.1) is 19.7 Å². The number of hydrogen-bond donors (Lipinski definition) is 1. The van der Waals surface area contributed by atoms with Crippen LogP contribution in [0.3, 0.4) is 0 Å². The number of ether oxygens (including phenoxy) is 1. The van der Waals surface area contributed by atoms with Crippen LogP contribution in [0.4, 0.5) is 0 Å². The van der Waals surface area contributed by atoms with Crippen molar-refractivity contribution in [1.82, 2.24) is 14.8 Å². The molecule has 0 bridgehead atoms. The van der Waals surface area contributed by atoms with Gasteiger partial charge in [0.2, 0.25) is 0 Å². The van der Waals surface area contributed by atoms with Crippen LogP contribution in [0.15, 0.2) is 59.8 Å². The Labute approximate surface area is 158 Å². The fourth-order valence-corrected chi connectivity index (χ4v) is 3.58. The van der Waals surface area contributed by atoms with E-state index in [2.05, 4.69) is 39.9 Å². The highest BCUT2D eigenvalue weighted by Gasteiger charge is 2.17. The quantitative estimate of drug-likeness (QED) is 0.608. The lowest BCUT2D eigenvalue weighted by atomic mass is 10.2. The van der Waals surface area contributed by atoms with Crippen LogP contribution in [-0.4, -0.2) is 21.9 Å². The predicted molar refractivity (Wildman–Crippen MR) is 105 cm³/mol. The molecule has 0 fully saturated rings. The Balaban J connectivity index is 1.82. The summed E-state index contributed by atoms with van der Waals surface area (Å²) in [5.74, 6) is 2.50. The molecule has 2 N–H and O–H groups in total. The molecular formula is C20H24N4OS. The molecule has 5 nitrogen and oxygen atoms in total. The van der Waals surface area contributed by atoms with Gasteiger partial charge in [-0.25, -0.2) is 0 Å². The molecule has 0 spiro atoms. The van der Waals surface area contributed by atoms with Gasteiger partial charge in [-0.2, -0.15) is 0 Å². The van der Waals surface area contributed by atoms with E-state index in [0.717, 1.165) is 35.4 Å². The summed E-state index contributed by atoms with van der Waals surface area (Å²) in [4.78, 5) is 0. The van der Waals surface area contributed by atoms with Gasteiger partial charge in [0.1, 0.15) is 5.75 Å². The molecule has 0 aliphatic heterocycles. The summed E-state index contributed by atoms with van der Waals surface area (Å²) >= 11 is 1.67. The number of methoxy groups -OCH3 is 1. The van der Waals surface area contributed by atoms with Crippen molar-refractivity contribution in [2.24, 2.45) is 5.73 Å². The Kier molecular flexibility index (Phi) is 6.30. The van der Waals surface area contributed by atoms with Gasteiger partial charge in [-0.1, -0.05) is 61.2 Å². The maximum absolute atomic E-state index is 6.26. The van der Waals surface area contributed by atoms with Crippen LogP contribution in [0.2, 0.25) is 0 Å². The van der Waals surface area contributed by atoms with E-state index in [1.165, 1.54) is 11.1 Å². The Morgan fingerprint density at radius 2 is 1.85 bits per heavy atom. The third kappa shape index (κ3) is 4.45. The second-order valence-electron chi connectivity index (χ2n) is 6.07. The van der Waals surface area contributed by atoms with E-state index in [4.69, 9.17) is 10.5 Å². The van der Waals surface area contributed by atoms with Crippen LogP contribution in [0.1, 0.15) is 36.3 Å². The zero-order chi connectivity index (χ0) is 18.4. The lowest BCUT2D eigenvalue weighted by molar-refractivity contribution is 0.414. The van der Waals surface area contributed by atoms with Crippen molar-refractivity contribution < 1.29 is 4.74 Å². The van der Waals surface area contributed by atoms with Gasteiger partial charge >= 0.3 is 0 Å². The number of nitrogens with two attached hydrogens (primary N) is 1. The molecule has 0 aliphatic rings. The molecule has 26 heavy (non-hydrogen) atoms. The van der Waals surface area contributed by atoms with Crippen molar-refractivity contribution in [2.75, 3.05) is 7.11 Å². The van der Waals surface area contributed by atoms with Crippen LogP contribution in [0.25, 0.3) is 0 Å².